The number of hydrogen-bond donors (Lipinski definition) is 5. The van der Waals surface area contributed by atoms with Crippen molar-refractivity contribution in [2.75, 3.05) is 0 Å². The molecule has 82 valence electrons. The van der Waals surface area contributed by atoms with Gasteiger partial charge in [0.25, 0.3) is 0 Å². The Kier molecular flexibility index (Phi) is 1.52. The normalized spacial score (nSPS) is 26.7. The molecule has 0 bridgehead atoms. The maximum atomic E-state index is 7.45. The number of nitrogens with zero attached hydrogens (tertiary/aromatic N) is 5. The molecule has 1 unspecified atom stereocenters. The molecule has 10 heteroatoms. The Morgan fingerprint density at radius 1 is 1.25 bits per heavy atom. The minimum Gasteiger partial charge on any atom is -0.368 e. The summed E-state index contributed by atoms with van der Waals surface area (Å²) in [5.41, 5.74) is 11.1. The Hall–Kier alpha value is -2.49. The van der Waals surface area contributed by atoms with Crippen LogP contribution in [0.25, 0.3) is 0 Å². The second-order valence-corrected chi connectivity index (χ2v) is 3.17. The van der Waals surface area contributed by atoms with Crippen LogP contribution in [0.3, 0.4) is 0 Å². The number of guanidine groups is 5. The highest BCUT2D eigenvalue weighted by atomic mass is 15.6. The standard InChI is InChI=1S/C6H8N10/c7-1-10-4-12-2(8)14-6-15-3(9)13-5(11-1)16(4)6/h1H,7H2,(H5,8,9,10,11,12,13,14,15). The van der Waals surface area contributed by atoms with Crippen LogP contribution in [0.15, 0.2) is 20.0 Å². The van der Waals surface area contributed by atoms with E-state index in [0.717, 1.165) is 0 Å². The van der Waals surface area contributed by atoms with E-state index in [1.54, 1.807) is 0 Å². The van der Waals surface area contributed by atoms with Gasteiger partial charge in [-0.05, 0) is 0 Å². The molecule has 16 heavy (non-hydrogen) atoms. The molecule has 0 aromatic heterocycles. The first-order valence-electron chi connectivity index (χ1n) is 4.40. The first-order valence-corrected chi connectivity index (χ1v) is 4.40. The molecule has 0 aromatic carbocycles. The van der Waals surface area contributed by atoms with Gasteiger partial charge in [-0.3, -0.25) is 16.5 Å². The molecule has 0 radical (unpaired) electrons. The number of aliphatic imine (C=N–C) groups is 4. The van der Waals surface area contributed by atoms with Crippen LogP contribution in [0.4, 0.5) is 0 Å². The quantitative estimate of drug-likeness (QED) is 0.296. The summed E-state index contributed by atoms with van der Waals surface area (Å²) in [6, 6.07) is 0. The average Bonchev–Trinajstić information content (AvgIpc) is 2.14. The van der Waals surface area contributed by atoms with Crippen LogP contribution in [-0.2, 0) is 0 Å². The minimum absolute atomic E-state index is 0.0562. The summed E-state index contributed by atoms with van der Waals surface area (Å²) < 4.78 is 0. The summed E-state index contributed by atoms with van der Waals surface area (Å²) in [4.78, 5) is 17.3. The van der Waals surface area contributed by atoms with Crippen molar-refractivity contribution in [1.82, 2.24) is 15.5 Å². The minimum atomic E-state index is -0.643. The van der Waals surface area contributed by atoms with Crippen molar-refractivity contribution in [2.45, 2.75) is 6.29 Å². The van der Waals surface area contributed by atoms with Gasteiger partial charge in [0.2, 0.25) is 29.8 Å². The maximum absolute atomic E-state index is 7.45. The fourth-order valence-electron chi connectivity index (χ4n) is 1.47. The van der Waals surface area contributed by atoms with Crippen LogP contribution in [0.2, 0.25) is 0 Å². The van der Waals surface area contributed by atoms with Crippen molar-refractivity contribution >= 4 is 29.8 Å². The van der Waals surface area contributed by atoms with E-state index in [4.69, 9.17) is 16.9 Å². The molecule has 0 aliphatic carbocycles. The molecule has 0 aromatic rings. The molecule has 1 atom stereocenters. The smallest absolute Gasteiger partial charge is 0.246 e. The first-order chi connectivity index (χ1) is 7.63. The predicted octanol–water partition coefficient (Wildman–Crippen LogP) is -2.93. The SMILES string of the molecule is N=C1N=C2N=C(N)N=C3NC(N)N=C(N1)N23. The third-order valence-electron chi connectivity index (χ3n) is 2.04. The molecule has 7 N–H and O–H groups in total. The maximum Gasteiger partial charge on any atom is 0.246 e. The van der Waals surface area contributed by atoms with Crippen molar-refractivity contribution in [2.24, 2.45) is 31.4 Å². The van der Waals surface area contributed by atoms with Crippen LogP contribution in [0.5, 0.6) is 0 Å². The summed E-state index contributed by atoms with van der Waals surface area (Å²) in [5, 5.41) is 12.9. The highest BCUT2D eigenvalue weighted by Gasteiger charge is 2.35. The summed E-state index contributed by atoms with van der Waals surface area (Å²) in [6.45, 7) is 0. The van der Waals surface area contributed by atoms with Crippen LogP contribution in [0, 0.1) is 5.41 Å². The third-order valence-corrected chi connectivity index (χ3v) is 2.04. The van der Waals surface area contributed by atoms with Crippen LogP contribution in [-0.4, -0.2) is 41.0 Å². The molecule has 3 rings (SSSR count). The van der Waals surface area contributed by atoms with E-state index in [-0.39, 0.29) is 17.9 Å². The van der Waals surface area contributed by atoms with Gasteiger partial charge in [0.15, 0.2) is 6.29 Å². The molecule has 3 heterocycles. The van der Waals surface area contributed by atoms with Crippen LogP contribution < -0.4 is 22.1 Å². The fourth-order valence-corrected chi connectivity index (χ4v) is 1.47. The third kappa shape index (κ3) is 1.13. The second kappa shape index (κ2) is 2.76. The Labute approximate surface area is 89.4 Å². The lowest BCUT2D eigenvalue weighted by atomic mass is 10.5. The molecular formula is C6H8N10. The number of hydrogen-bond acceptors (Lipinski definition) is 8. The van der Waals surface area contributed by atoms with Gasteiger partial charge in [0.05, 0.1) is 0 Å². The Morgan fingerprint density at radius 3 is 2.88 bits per heavy atom. The Bertz CT molecular complexity index is 495. The fraction of sp³-hybridized carbons (Fsp3) is 0.167. The van der Waals surface area contributed by atoms with Gasteiger partial charge < -0.3 is 11.1 Å². The van der Waals surface area contributed by atoms with Gasteiger partial charge in [-0.1, -0.05) is 0 Å². The number of nitrogens with two attached hydrogens (primary N) is 2. The van der Waals surface area contributed by atoms with Crippen LogP contribution >= 0.6 is 0 Å². The van der Waals surface area contributed by atoms with E-state index in [1.165, 1.54) is 4.90 Å². The molecule has 3 aliphatic heterocycles. The van der Waals surface area contributed by atoms with Gasteiger partial charge >= 0.3 is 0 Å². The molecule has 0 amide bonds. The summed E-state index contributed by atoms with van der Waals surface area (Å²) in [6.07, 6.45) is -0.643. The Balaban J connectivity index is 2.17. The highest BCUT2D eigenvalue weighted by molar-refractivity contribution is 6.27. The molecule has 10 nitrogen and oxygen atoms in total. The second-order valence-electron chi connectivity index (χ2n) is 3.17. The van der Waals surface area contributed by atoms with E-state index in [1.807, 2.05) is 0 Å². The van der Waals surface area contributed by atoms with E-state index in [0.29, 0.717) is 11.9 Å². The van der Waals surface area contributed by atoms with Crippen molar-refractivity contribution in [1.29, 1.82) is 5.41 Å². The van der Waals surface area contributed by atoms with E-state index < -0.39 is 6.29 Å². The zero-order valence-electron chi connectivity index (χ0n) is 7.97. The van der Waals surface area contributed by atoms with Crippen LogP contribution in [0.1, 0.15) is 0 Å². The first kappa shape index (κ1) is 8.79. The van der Waals surface area contributed by atoms with Gasteiger partial charge in [-0.2, -0.15) is 15.0 Å². The van der Waals surface area contributed by atoms with E-state index in [9.17, 15) is 0 Å². The topological polar surface area (TPSA) is 153 Å². The molecular weight excluding hydrogens is 212 g/mol. The molecule has 3 aliphatic rings. The predicted molar refractivity (Wildman–Crippen MR) is 57.7 cm³/mol. The number of nitrogens with one attached hydrogen (secondary N) is 3. The summed E-state index contributed by atoms with van der Waals surface area (Å²) in [7, 11) is 0. The van der Waals surface area contributed by atoms with Crippen molar-refractivity contribution in [3.63, 3.8) is 0 Å². The Morgan fingerprint density at radius 2 is 2.06 bits per heavy atom. The average molecular weight is 220 g/mol. The van der Waals surface area contributed by atoms with Gasteiger partial charge in [0, 0.05) is 0 Å². The largest absolute Gasteiger partial charge is 0.368 e. The van der Waals surface area contributed by atoms with Gasteiger partial charge in [-0.15, -0.1) is 0 Å². The zero-order valence-corrected chi connectivity index (χ0v) is 7.97. The zero-order chi connectivity index (χ0) is 11.3. The monoisotopic (exact) mass is 220 g/mol. The van der Waals surface area contributed by atoms with Gasteiger partial charge in [0.1, 0.15) is 0 Å². The van der Waals surface area contributed by atoms with E-state index >= 15 is 0 Å². The molecule has 0 spiro atoms. The molecule has 0 fully saturated rings. The lowest BCUT2D eigenvalue weighted by Gasteiger charge is -2.35. The van der Waals surface area contributed by atoms with Gasteiger partial charge in [-0.25, -0.2) is 9.89 Å². The molecule has 0 saturated heterocycles. The molecule has 0 saturated carbocycles. The lowest BCUT2D eigenvalue weighted by Crippen LogP contribution is -2.65. The lowest BCUT2D eigenvalue weighted by molar-refractivity contribution is 0.579. The number of rotatable bonds is 0. The summed E-state index contributed by atoms with van der Waals surface area (Å²) >= 11 is 0. The van der Waals surface area contributed by atoms with Crippen molar-refractivity contribution in [3.8, 4) is 0 Å². The highest BCUT2D eigenvalue weighted by Crippen LogP contribution is 2.10. The van der Waals surface area contributed by atoms with Crippen molar-refractivity contribution < 1.29 is 0 Å². The van der Waals surface area contributed by atoms with Crippen molar-refractivity contribution in [3.05, 3.63) is 0 Å². The van der Waals surface area contributed by atoms with E-state index in [2.05, 4.69) is 30.6 Å². The summed E-state index contributed by atoms with van der Waals surface area (Å²) in [5.74, 6) is 0.974.